The number of aromatic nitrogens is 1. The third-order valence-electron chi connectivity index (χ3n) is 3.32. The molecule has 0 spiro atoms. The molecule has 0 amide bonds. The highest BCUT2D eigenvalue weighted by atomic mass is 16.5. The van der Waals surface area contributed by atoms with Crippen LogP contribution in [0, 0.1) is 0 Å². The van der Waals surface area contributed by atoms with Gasteiger partial charge in [0, 0.05) is 17.6 Å². The van der Waals surface area contributed by atoms with Crippen molar-refractivity contribution in [2.75, 3.05) is 6.61 Å². The van der Waals surface area contributed by atoms with Gasteiger partial charge < -0.3 is 9.84 Å². The molecule has 2 aromatic rings. The van der Waals surface area contributed by atoms with Gasteiger partial charge in [0.1, 0.15) is 18.4 Å². The fourth-order valence-corrected chi connectivity index (χ4v) is 2.10. The van der Waals surface area contributed by atoms with Crippen LogP contribution in [0.4, 0.5) is 0 Å². The quantitative estimate of drug-likeness (QED) is 0.839. The third kappa shape index (κ3) is 2.88. The van der Waals surface area contributed by atoms with E-state index in [1.165, 1.54) is 0 Å². The number of hydrogen-bond donors (Lipinski definition) is 2. The van der Waals surface area contributed by atoms with E-state index in [2.05, 4.69) is 10.3 Å². The van der Waals surface area contributed by atoms with Crippen molar-refractivity contribution in [2.45, 2.75) is 24.9 Å². The second kappa shape index (κ2) is 5.46. The predicted octanol–water partition coefficient (Wildman–Crippen LogP) is 1.82. The van der Waals surface area contributed by atoms with Crippen molar-refractivity contribution in [1.82, 2.24) is 10.3 Å². The van der Waals surface area contributed by atoms with Gasteiger partial charge in [-0.3, -0.25) is 15.1 Å². The van der Waals surface area contributed by atoms with E-state index in [0.29, 0.717) is 11.8 Å². The number of nitrogens with zero attached hydrogens (tertiary/aromatic N) is 1. The van der Waals surface area contributed by atoms with Crippen LogP contribution in [0.2, 0.25) is 0 Å². The first-order valence-electron chi connectivity index (χ1n) is 6.69. The fraction of sp³-hybridized carbons (Fsp3) is 0.333. The van der Waals surface area contributed by atoms with E-state index in [0.717, 1.165) is 23.7 Å². The molecule has 1 aliphatic rings. The van der Waals surface area contributed by atoms with E-state index in [9.17, 15) is 9.90 Å². The third-order valence-corrected chi connectivity index (χ3v) is 3.32. The first-order valence-corrected chi connectivity index (χ1v) is 6.69. The second-order valence-electron chi connectivity index (χ2n) is 4.97. The minimum absolute atomic E-state index is 0.111. The van der Waals surface area contributed by atoms with E-state index < -0.39 is 12.0 Å². The molecule has 1 aromatic heterocycles. The molecule has 2 N–H and O–H groups in total. The lowest BCUT2D eigenvalue weighted by Crippen LogP contribution is -2.42. The molecule has 20 heavy (non-hydrogen) atoms. The first-order chi connectivity index (χ1) is 9.74. The van der Waals surface area contributed by atoms with Crippen LogP contribution in [-0.2, 0) is 4.79 Å². The Labute approximate surface area is 116 Å². The average molecular weight is 272 g/mol. The number of aliphatic carboxylic acids is 1. The number of carbonyl (C=O) groups is 1. The Bertz CT molecular complexity index is 620. The molecular weight excluding hydrogens is 256 g/mol. The molecular formula is C15H16N2O3. The van der Waals surface area contributed by atoms with Crippen LogP contribution in [0.1, 0.15) is 12.8 Å². The summed E-state index contributed by atoms with van der Waals surface area (Å²) < 4.78 is 5.69. The lowest BCUT2D eigenvalue weighted by Gasteiger charge is -2.15. The number of hydrogen-bond acceptors (Lipinski definition) is 4. The molecule has 1 unspecified atom stereocenters. The average Bonchev–Trinajstić information content (AvgIpc) is 3.27. The Kier molecular flexibility index (Phi) is 3.52. The van der Waals surface area contributed by atoms with Crippen LogP contribution >= 0.6 is 0 Å². The van der Waals surface area contributed by atoms with Crippen molar-refractivity contribution >= 4 is 16.9 Å². The predicted molar refractivity (Wildman–Crippen MR) is 74.8 cm³/mol. The molecule has 5 nitrogen and oxygen atoms in total. The SMILES string of the molecule is O=C(O)C(COc1cccc2ncccc12)NC1CC1. The van der Waals surface area contributed by atoms with E-state index in [-0.39, 0.29) is 6.61 Å². The van der Waals surface area contributed by atoms with Gasteiger partial charge in [-0.15, -0.1) is 0 Å². The van der Waals surface area contributed by atoms with Gasteiger partial charge in [-0.2, -0.15) is 0 Å². The summed E-state index contributed by atoms with van der Waals surface area (Å²) >= 11 is 0. The zero-order chi connectivity index (χ0) is 13.9. The summed E-state index contributed by atoms with van der Waals surface area (Å²) in [6, 6.07) is 9.01. The Morgan fingerprint density at radius 2 is 2.25 bits per heavy atom. The van der Waals surface area contributed by atoms with Gasteiger partial charge in [-0.05, 0) is 37.1 Å². The molecule has 1 aliphatic carbocycles. The van der Waals surface area contributed by atoms with Gasteiger partial charge in [0.05, 0.1) is 5.52 Å². The zero-order valence-electron chi connectivity index (χ0n) is 11.0. The van der Waals surface area contributed by atoms with Gasteiger partial charge in [-0.25, -0.2) is 0 Å². The molecule has 104 valence electrons. The highest BCUT2D eigenvalue weighted by Gasteiger charge is 2.28. The summed E-state index contributed by atoms with van der Waals surface area (Å²) in [6.45, 7) is 0.111. The van der Waals surface area contributed by atoms with E-state index in [4.69, 9.17) is 4.74 Å². The number of carboxylic acid groups (broad SMARTS) is 1. The maximum atomic E-state index is 11.2. The van der Waals surface area contributed by atoms with E-state index in [1.54, 1.807) is 6.20 Å². The fourth-order valence-electron chi connectivity index (χ4n) is 2.10. The maximum absolute atomic E-state index is 11.2. The van der Waals surface area contributed by atoms with E-state index >= 15 is 0 Å². The summed E-state index contributed by atoms with van der Waals surface area (Å²) in [5.74, 6) is -0.213. The van der Waals surface area contributed by atoms with Crippen LogP contribution in [0.15, 0.2) is 36.5 Å². The number of benzene rings is 1. The van der Waals surface area contributed by atoms with Gasteiger partial charge in [-0.1, -0.05) is 6.07 Å². The monoisotopic (exact) mass is 272 g/mol. The molecule has 3 rings (SSSR count). The molecule has 1 saturated carbocycles. The maximum Gasteiger partial charge on any atom is 0.324 e. The van der Waals surface area contributed by atoms with Crippen LogP contribution in [0.25, 0.3) is 10.9 Å². The topological polar surface area (TPSA) is 71.5 Å². The molecule has 1 fully saturated rings. The summed E-state index contributed by atoms with van der Waals surface area (Å²) in [7, 11) is 0. The van der Waals surface area contributed by atoms with Crippen molar-refractivity contribution in [3.8, 4) is 5.75 Å². The summed E-state index contributed by atoms with van der Waals surface area (Å²) in [4.78, 5) is 15.4. The molecule has 0 aliphatic heterocycles. The van der Waals surface area contributed by atoms with Crippen LogP contribution in [-0.4, -0.2) is 34.8 Å². The number of nitrogens with one attached hydrogen (secondary N) is 1. The van der Waals surface area contributed by atoms with Crippen molar-refractivity contribution in [3.05, 3.63) is 36.5 Å². The summed E-state index contributed by atoms with van der Waals surface area (Å²) in [5, 5.41) is 13.1. The highest BCUT2D eigenvalue weighted by Crippen LogP contribution is 2.24. The van der Waals surface area contributed by atoms with Crippen molar-refractivity contribution in [2.24, 2.45) is 0 Å². The Morgan fingerprint density at radius 1 is 1.40 bits per heavy atom. The van der Waals surface area contributed by atoms with Gasteiger partial charge in [0.2, 0.25) is 0 Å². The molecule has 0 bridgehead atoms. The van der Waals surface area contributed by atoms with Gasteiger partial charge >= 0.3 is 5.97 Å². The number of pyridine rings is 1. The van der Waals surface area contributed by atoms with Crippen LogP contribution in [0.5, 0.6) is 5.75 Å². The van der Waals surface area contributed by atoms with Gasteiger partial charge in [0.15, 0.2) is 0 Å². The number of rotatable bonds is 6. The Balaban J connectivity index is 1.73. The summed E-state index contributed by atoms with van der Waals surface area (Å²) in [5.41, 5.74) is 0.840. The van der Waals surface area contributed by atoms with Crippen LogP contribution in [0.3, 0.4) is 0 Å². The highest BCUT2D eigenvalue weighted by molar-refractivity contribution is 5.84. The standard InChI is InChI=1S/C15H16N2O3/c18-15(19)13(17-10-6-7-10)9-20-14-5-1-4-12-11(14)3-2-8-16-12/h1-5,8,10,13,17H,6-7,9H2,(H,18,19). The lowest BCUT2D eigenvalue weighted by molar-refractivity contribution is -0.140. The Morgan fingerprint density at radius 3 is 3.00 bits per heavy atom. The molecule has 0 saturated heterocycles. The number of carboxylic acids is 1. The molecule has 1 heterocycles. The smallest absolute Gasteiger partial charge is 0.324 e. The molecule has 1 atom stereocenters. The molecule has 0 radical (unpaired) electrons. The normalized spacial score (nSPS) is 16.0. The van der Waals surface area contributed by atoms with Crippen LogP contribution < -0.4 is 10.1 Å². The second-order valence-corrected chi connectivity index (χ2v) is 4.97. The van der Waals surface area contributed by atoms with Crippen molar-refractivity contribution in [3.63, 3.8) is 0 Å². The first kappa shape index (κ1) is 12.9. The summed E-state index contributed by atoms with van der Waals surface area (Å²) in [6.07, 6.45) is 3.81. The number of fused-ring (bicyclic) bond motifs is 1. The van der Waals surface area contributed by atoms with Crippen molar-refractivity contribution in [1.29, 1.82) is 0 Å². The molecule has 5 heteroatoms. The number of ether oxygens (including phenoxy) is 1. The lowest BCUT2D eigenvalue weighted by atomic mass is 10.2. The van der Waals surface area contributed by atoms with E-state index in [1.807, 2.05) is 30.3 Å². The van der Waals surface area contributed by atoms with Gasteiger partial charge in [0.25, 0.3) is 0 Å². The Hall–Kier alpha value is -2.14. The zero-order valence-corrected chi connectivity index (χ0v) is 11.0. The molecule has 1 aromatic carbocycles. The minimum atomic E-state index is -0.879. The van der Waals surface area contributed by atoms with Crippen molar-refractivity contribution < 1.29 is 14.6 Å². The largest absolute Gasteiger partial charge is 0.491 e. The minimum Gasteiger partial charge on any atom is -0.491 e.